The van der Waals surface area contributed by atoms with E-state index >= 15 is 0 Å². The van der Waals surface area contributed by atoms with Crippen molar-refractivity contribution < 1.29 is 9.47 Å². The number of nitrogens with one attached hydrogen (secondary N) is 1. The van der Waals surface area contributed by atoms with Gasteiger partial charge in [-0.25, -0.2) is 0 Å². The lowest BCUT2D eigenvalue weighted by molar-refractivity contribution is 0.0625. The Bertz CT molecular complexity index is 587. The van der Waals surface area contributed by atoms with Crippen molar-refractivity contribution in [1.82, 2.24) is 10.2 Å². The first-order chi connectivity index (χ1) is 12.8. The van der Waals surface area contributed by atoms with E-state index in [2.05, 4.69) is 40.5 Å². The fraction of sp³-hybridized carbons (Fsp3) is 0.667. The zero-order chi connectivity index (χ0) is 18.2. The summed E-state index contributed by atoms with van der Waals surface area (Å²) in [5.74, 6) is 2.72. The van der Waals surface area contributed by atoms with Crippen molar-refractivity contribution in [3.63, 3.8) is 0 Å². The lowest BCUT2D eigenvalue weighted by Crippen LogP contribution is -2.39. The molecular formula is C21H34IN3O2. The highest BCUT2D eigenvalue weighted by molar-refractivity contribution is 14.0. The highest BCUT2D eigenvalue weighted by atomic mass is 127. The number of rotatable bonds is 7. The Balaban J connectivity index is 0.00000261. The van der Waals surface area contributed by atoms with Gasteiger partial charge in [0, 0.05) is 46.0 Å². The van der Waals surface area contributed by atoms with E-state index in [9.17, 15) is 0 Å². The second-order valence-corrected chi connectivity index (χ2v) is 7.45. The molecular weight excluding hydrogens is 453 g/mol. The molecule has 1 saturated carbocycles. The van der Waals surface area contributed by atoms with Gasteiger partial charge in [-0.3, -0.25) is 4.99 Å². The Labute approximate surface area is 180 Å². The molecule has 6 heteroatoms. The first-order valence-corrected chi connectivity index (χ1v) is 10.0. The molecule has 0 atom stereocenters. The van der Waals surface area contributed by atoms with E-state index in [0.717, 1.165) is 43.9 Å². The van der Waals surface area contributed by atoms with Crippen molar-refractivity contribution in [2.24, 2.45) is 10.9 Å². The van der Waals surface area contributed by atoms with E-state index < -0.39 is 0 Å². The molecule has 0 spiro atoms. The minimum Gasteiger partial charge on any atom is -0.490 e. The average Bonchev–Trinajstić information content (AvgIpc) is 2.65. The van der Waals surface area contributed by atoms with Gasteiger partial charge in [-0.15, -0.1) is 24.0 Å². The third-order valence-electron chi connectivity index (χ3n) is 5.54. The quantitative estimate of drug-likeness (QED) is 0.358. The standard InChI is InChI=1S/C21H33N3O2.HI/c1-22-21(24(2)13-10-17-11-14-25-15-12-17)23-16-18-6-3-4-9-20(18)26-19-7-5-8-19;/h3-4,6,9,17,19H,5,7-8,10-16H2,1-2H3,(H,22,23);1H. The molecule has 1 aliphatic heterocycles. The summed E-state index contributed by atoms with van der Waals surface area (Å²) in [6.07, 6.45) is 7.61. The van der Waals surface area contributed by atoms with Gasteiger partial charge in [0.2, 0.25) is 0 Å². The molecule has 0 unspecified atom stereocenters. The number of hydrogen-bond acceptors (Lipinski definition) is 3. The summed E-state index contributed by atoms with van der Waals surface area (Å²) < 4.78 is 11.6. The molecule has 1 heterocycles. The van der Waals surface area contributed by atoms with Crippen LogP contribution in [0.25, 0.3) is 0 Å². The second-order valence-electron chi connectivity index (χ2n) is 7.45. The minimum atomic E-state index is 0. The molecule has 27 heavy (non-hydrogen) atoms. The number of para-hydroxylation sites is 1. The van der Waals surface area contributed by atoms with Crippen molar-refractivity contribution >= 4 is 29.9 Å². The van der Waals surface area contributed by atoms with Gasteiger partial charge in [0.15, 0.2) is 5.96 Å². The first-order valence-electron chi connectivity index (χ1n) is 10.0. The summed E-state index contributed by atoms with van der Waals surface area (Å²) in [5, 5.41) is 3.49. The zero-order valence-corrected chi connectivity index (χ0v) is 19.0. The van der Waals surface area contributed by atoms with Crippen LogP contribution in [0.1, 0.15) is 44.1 Å². The van der Waals surface area contributed by atoms with Gasteiger partial charge < -0.3 is 19.7 Å². The predicted molar refractivity (Wildman–Crippen MR) is 121 cm³/mol. The Hall–Kier alpha value is -1.02. The summed E-state index contributed by atoms with van der Waals surface area (Å²) in [7, 11) is 3.97. The van der Waals surface area contributed by atoms with Crippen LogP contribution in [0, 0.1) is 5.92 Å². The molecule has 1 aromatic carbocycles. The topological polar surface area (TPSA) is 46.1 Å². The Morgan fingerprint density at radius 2 is 1.96 bits per heavy atom. The molecule has 1 aliphatic carbocycles. The van der Waals surface area contributed by atoms with E-state index in [4.69, 9.17) is 9.47 Å². The van der Waals surface area contributed by atoms with Crippen molar-refractivity contribution in [3.05, 3.63) is 29.8 Å². The van der Waals surface area contributed by atoms with Gasteiger partial charge in [-0.1, -0.05) is 18.2 Å². The molecule has 0 amide bonds. The average molecular weight is 487 g/mol. The monoisotopic (exact) mass is 487 g/mol. The normalized spacial score (nSPS) is 18.4. The van der Waals surface area contributed by atoms with Crippen LogP contribution in [0.15, 0.2) is 29.3 Å². The zero-order valence-electron chi connectivity index (χ0n) is 16.7. The van der Waals surface area contributed by atoms with Crippen LogP contribution in [0.4, 0.5) is 0 Å². The largest absolute Gasteiger partial charge is 0.490 e. The van der Waals surface area contributed by atoms with Crippen LogP contribution in [0.5, 0.6) is 5.75 Å². The Morgan fingerprint density at radius 3 is 2.63 bits per heavy atom. The summed E-state index contributed by atoms with van der Waals surface area (Å²) in [6.45, 7) is 3.58. The maximum atomic E-state index is 6.13. The third-order valence-corrected chi connectivity index (χ3v) is 5.54. The SMILES string of the molecule is CN=C(NCc1ccccc1OC1CCC1)N(C)CCC1CCOCC1.I. The fourth-order valence-electron chi connectivity index (χ4n) is 3.51. The highest BCUT2D eigenvalue weighted by Gasteiger charge is 2.20. The van der Waals surface area contributed by atoms with Gasteiger partial charge >= 0.3 is 0 Å². The Morgan fingerprint density at radius 1 is 1.22 bits per heavy atom. The van der Waals surface area contributed by atoms with Gasteiger partial charge in [0.25, 0.3) is 0 Å². The summed E-state index contributed by atoms with van der Waals surface area (Å²) >= 11 is 0. The highest BCUT2D eigenvalue weighted by Crippen LogP contribution is 2.27. The van der Waals surface area contributed by atoms with Gasteiger partial charge in [0.1, 0.15) is 5.75 Å². The van der Waals surface area contributed by atoms with Crippen molar-refractivity contribution in [2.75, 3.05) is 33.9 Å². The predicted octanol–water partition coefficient (Wildman–Crippen LogP) is 4.06. The van der Waals surface area contributed by atoms with Crippen LogP contribution in [0.3, 0.4) is 0 Å². The molecule has 0 aromatic heterocycles. The van der Waals surface area contributed by atoms with E-state index in [1.54, 1.807) is 0 Å². The van der Waals surface area contributed by atoms with E-state index in [1.807, 2.05) is 13.1 Å². The number of hydrogen-bond donors (Lipinski definition) is 1. The second kappa shape index (κ2) is 11.7. The Kier molecular flexibility index (Phi) is 9.68. The van der Waals surface area contributed by atoms with Crippen LogP contribution in [-0.2, 0) is 11.3 Å². The molecule has 152 valence electrons. The van der Waals surface area contributed by atoms with Crippen molar-refractivity contribution in [2.45, 2.75) is 51.2 Å². The molecule has 1 N–H and O–H groups in total. The molecule has 3 rings (SSSR count). The molecule has 0 radical (unpaired) electrons. The van der Waals surface area contributed by atoms with Crippen LogP contribution in [-0.4, -0.2) is 50.8 Å². The lowest BCUT2D eigenvalue weighted by Gasteiger charge is -2.28. The van der Waals surface area contributed by atoms with Crippen molar-refractivity contribution in [3.8, 4) is 5.75 Å². The maximum Gasteiger partial charge on any atom is 0.193 e. The third kappa shape index (κ3) is 6.82. The molecule has 5 nitrogen and oxygen atoms in total. The van der Waals surface area contributed by atoms with E-state index in [1.165, 1.54) is 44.1 Å². The molecule has 2 fully saturated rings. The van der Waals surface area contributed by atoms with Crippen LogP contribution >= 0.6 is 24.0 Å². The van der Waals surface area contributed by atoms with E-state index in [0.29, 0.717) is 6.10 Å². The number of benzene rings is 1. The van der Waals surface area contributed by atoms with Crippen LogP contribution < -0.4 is 10.1 Å². The number of nitrogens with zero attached hydrogens (tertiary/aromatic N) is 2. The van der Waals surface area contributed by atoms with Gasteiger partial charge in [-0.05, 0) is 50.5 Å². The summed E-state index contributed by atoms with van der Waals surface area (Å²) in [4.78, 5) is 6.68. The minimum absolute atomic E-state index is 0. The molecule has 1 saturated heterocycles. The number of aliphatic imine (C=N–C) groups is 1. The van der Waals surface area contributed by atoms with Crippen LogP contribution in [0.2, 0.25) is 0 Å². The fourth-order valence-corrected chi connectivity index (χ4v) is 3.51. The number of ether oxygens (including phenoxy) is 2. The maximum absolute atomic E-state index is 6.13. The lowest BCUT2D eigenvalue weighted by atomic mass is 9.96. The van der Waals surface area contributed by atoms with Gasteiger partial charge in [0.05, 0.1) is 6.10 Å². The van der Waals surface area contributed by atoms with E-state index in [-0.39, 0.29) is 24.0 Å². The first kappa shape index (κ1) is 22.3. The summed E-state index contributed by atoms with van der Waals surface area (Å²) in [6, 6.07) is 8.33. The smallest absolute Gasteiger partial charge is 0.193 e. The van der Waals surface area contributed by atoms with Crippen molar-refractivity contribution in [1.29, 1.82) is 0 Å². The van der Waals surface area contributed by atoms with Gasteiger partial charge in [-0.2, -0.15) is 0 Å². The summed E-state index contributed by atoms with van der Waals surface area (Å²) in [5.41, 5.74) is 1.19. The number of guanidine groups is 1. The number of halogens is 1. The molecule has 2 aliphatic rings. The molecule has 1 aromatic rings. The molecule has 0 bridgehead atoms.